The number of aromatic nitrogens is 2. The third-order valence-electron chi connectivity index (χ3n) is 6.24. The number of fused-ring (bicyclic) bond motifs is 3. The highest BCUT2D eigenvalue weighted by molar-refractivity contribution is 7.17. The molecule has 0 amide bonds. The van der Waals surface area contributed by atoms with Crippen molar-refractivity contribution in [1.29, 1.82) is 0 Å². The van der Waals surface area contributed by atoms with Gasteiger partial charge in [0.25, 0.3) is 0 Å². The predicted octanol–water partition coefficient (Wildman–Crippen LogP) is 7.05. The second-order valence-corrected chi connectivity index (χ2v) is 9.44. The second kappa shape index (κ2) is 7.02. The van der Waals surface area contributed by atoms with Gasteiger partial charge in [0.1, 0.15) is 15.8 Å². The number of allylic oxidation sites excluding steroid dienone is 3. The van der Waals surface area contributed by atoms with E-state index in [1.807, 2.05) is 12.1 Å². The number of hydrogen-bond donors (Lipinski definition) is 0. The van der Waals surface area contributed by atoms with Gasteiger partial charge in [0, 0.05) is 16.8 Å². The van der Waals surface area contributed by atoms with E-state index in [4.69, 9.17) is 4.74 Å². The zero-order chi connectivity index (χ0) is 21.9. The molecule has 1 aliphatic heterocycles. The van der Waals surface area contributed by atoms with Crippen LogP contribution in [0.1, 0.15) is 5.56 Å². The summed E-state index contributed by atoms with van der Waals surface area (Å²) in [4.78, 5) is 2.29. The van der Waals surface area contributed by atoms with Gasteiger partial charge in [-0.25, -0.2) is 0 Å². The van der Waals surface area contributed by atoms with Gasteiger partial charge in [0.05, 0.1) is 17.3 Å². The number of hydrogen-bond acceptors (Lipinski definition) is 5. The number of para-hydroxylation sites is 2. The molecule has 2 heterocycles. The highest BCUT2D eigenvalue weighted by Crippen LogP contribution is 2.51. The van der Waals surface area contributed by atoms with Crippen molar-refractivity contribution in [3.8, 4) is 26.9 Å². The van der Waals surface area contributed by atoms with E-state index in [9.17, 15) is 0 Å². The minimum atomic E-state index is 0.307. The fourth-order valence-electron chi connectivity index (χ4n) is 4.41. The smallest absolute Gasteiger partial charge is 0.151 e. The van der Waals surface area contributed by atoms with Crippen molar-refractivity contribution in [2.45, 2.75) is 6.92 Å². The molecular formula is C28H19N3OS. The molecule has 5 heteroatoms. The maximum Gasteiger partial charge on any atom is 0.151 e. The lowest BCUT2D eigenvalue weighted by atomic mass is 10.0. The van der Waals surface area contributed by atoms with Crippen molar-refractivity contribution in [2.24, 2.45) is 5.92 Å². The lowest BCUT2D eigenvalue weighted by molar-refractivity contribution is 0.386. The van der Waals surface area contributed by atoms with E-state index in [0.29, 0.717) is 5.92 Å². The topological polar surface area (TPSA) is 38.2 Å². The lowest BCUT2D eigenvalue weighted by Crippen LogP contribution is -2.25. The van der Waals surface area contributed by atoms with Crippen molar-refractivity contribution < 1.29 is 4.74 Å². The Kier molecular flexibility index (Phi) is 3.96. The van der Waals surface area contributed by atoms with Gasteiger partial charge in [-0.2, -0.15) is 0 Å². The third-order valence-corrected chi connectivity index (χ3v) is 7.26. The average Bonchev–Trinajstić information content (AvgIpc) is 3.50. The first kappa shape index (κ1) is 18.6. The van der Waals surface area contributed by atoms with Gasteiger partial charge in [0.2, 0.25) is 0 Å². The molecule has 33 heavy (non-hydrogen) atoms. The molecule has 158 valence electrons. The summed E-state index contributed by atoms with van der Waals surface area (Å²) in [5.41, 5.74) is 7.99. The van der Waals surface area contributed by atoms with Gasteiger partial charge in [-0.15, -0.1) is 10.2 Å². The molecule has 7 rings (SSSR count). The summed E-state index contributed by atoms with van der Waals surface area (Å²) >= 11 is 1.62. The van der Waals surface area contributed by atoms with Crippen LogP contribution in [0.5, 0.6) is 5.75 Å². The number of rotatable bonds is 3. The molecule has 1 atom stereocenters. The standard InChI is InChI=1S/C28H19N3OS/c1-17-6-8-18(9-7-17)27-29-30-28(33-27)19-10-13-21(14-11-19)31-23-4-2-3-5-25(23)32-26-22-16-20(22)12-15-24(26)31/h2-16,22H,1H3/t22-/m1/s1. The van der Waals surface area contributed by atoms with Crippen molar-refractivity contribution >= 4 is 22.7 Å². The summed E-state index contributed by atoms with van der Waals surface area (Å²) in [7, 11) is 0. The molecule has 0 spiro atoms. The molecule has 0 bridgehead atoms. The van der Waals surface area contributed by atoms with Crippen LogP contribution in [0.4, 0.5) is 11.4 Å². The first-order chi connectivity index (χ1) is 16.2. The Morgan fingerprint density at radius 2 is 1.52 bits per heavy atom. The van der Waals surface area contributed by atoms with Gasteiger partial charge in [-0.05, 0) is 55.0 Å². The molecule has 4 nitrogen and oxygen atoms in total. The van der Waals surface area contributed by atoms with E-state index < -0.39 is 0 Å². The normalized spacial score (nSPS) is 17.7. The van der Waals surface area contributed by atoms with Crippen LogP contribution in [0.15, 0.2) is 108 Å². The van der Waals surface area contributed by atoms with E-state index >= 15 is 0 Å². The molecule has 3 aliphatic rings. The summed E-state index contributed by atoms with van der Waals surface area (Å²) in [6, 6.07) is 25.2. The fourth-order valence-corrected chi connectivity index (χ4v) is 5.26. The van der Waals surface area contributed by atoms with E-state index in [1.165, 1.54) is 11.1 Å². The van der Waals surface area contributed by atoms with E-state index in [1.54, 1.807) is 11.3 Å². The molecule has 0 N–H and O–H groups in total. The number of nitrogens with zero attached hydrogens (tertiary/aromatic N) is 3. The second-order valence-electron chi connectivity index (χ2n) is 8.46. The van der Waals surface area contributed by atoms with Crippen LogP contribution in [0.2, 0.25) is 0 Å². The van der Waals surface area contributed by atoms with Crippen LogP contribution < -0.4 is 9.64 Å². The predicted molar refractivity (Wildman–Crippen MR) is 132 cm³/mol. The zero-order valence-corrected chi connectivity index (χ0v) is 18.7. The number of aryl methyl sites for hydroxylation is 1. The molecule has 0 radical (unpaired) electrons. The first-order valence-corrected chi connectivity index (χ1v) is 11.8. The summed E-state index contributed by atoms with van der Waals surface area (Å²) < 4.78 is 6.30. The van der Waals surface area contributed by atoms with Crippen molar-refractivity contribution in [3.63, 3.8) is 0 Å². The van der Waals surface area contributed by atoms with E-state index in [2.05, 4.69) is 101 Å². The van der Waals surface area contributed by atoms with Crippen molar-refractivity contribution in [1.82, 2.24) is 10.2 Å². The lowest BCUT2D eigenvalue weighted by Gasteiger charge is -2.35. The molecule has 3 aromatic carbocycles. The van der Waals surface area contributed by atoms with E-state index in [-0.39, 0.29) is 0 Å². The van der Waals surface area contributed by atoms with Crippen molar-refractivity contribution in [3.05, 3.63) is 114 Å². The molecule has 4 aromatic rings. The van der Waals surface area contributed by atoms with E-state index in [0.717, 1.165) is 49.7 Å². The molecule has 0 saturated heterocycles. The molecular weight excluding hydrogens is 426 g/mol. The molecule has 0 saturated carbocycles. The summed E-state index contributed by atoms with van der Waals surface area (Å²) in [5.74, 6) is 2.21. The Hall–Kier alpha value is -3.96. The largest absolute Gasteiger partial charge is 0.456 e. The van der Waals surface area contributed by atoms with Crippen molar-refractivity contribution in [2.75, 3.05) is 4.90 Å². The van der Waals surface area contributed by atoms with Crippen LogP contribution in [0, 0.1) is 12.8 Å². The zero-order valence-electron chi connectivity index (χ0n) is 17.9. The Balaban J connectivity index is 1.24. The Bertz CT molecular complexity index is 1490. The van der Waals surface area contributed by atoms with Crippen LogP contribution in [0.25, 0.3) is 21.1 Å². The summed E-state index contributed by atoms with van der Waals surface area (Å²) in [6.07, 6.45) is 6.60. The fraction of sp³-hybridized carbons (Fsp3) is 0.0714. The minimum absolute atomic E-state index is 0.307. The van der Waals surface area contributed by atoms with Gasteiger partial charge in [-0.3, -0.25) is 0 Å². The third kappa shape index (κ3) is 3.04. The van der Waals surface area contributed by atoms with Crippen LogP contribution in [0.3, 0.4) is 0 Å². The maximum absolute atomic E-state index is 6.30. The summed E-state index contributed by atoms with van der Waals surface area (Å²) in [5, 5.41) is 10.7. The van der Waals surface area contributed by atoms with Gasteiger partial charge in [-0.1, -0.05) is 65.5 Å². The highest BCUT2D eigenvalue weighted by Gasteiger charge is 2.39. The SMILES string of the molecule is Cc1ccc(-c2nnc(-c3ccc(N4C5=C(Oc6ccccc64)[C@@H]4C=C4C=C5)cc3)s2)cc1. The van der Waals surface area contributed by atoms with Gasteiger partial charge < -0.3 is 9.64 Å². The van der Waals surface area contributed by atoms with Gasteiger partial charge in [0.15, 0.2) is 5.75 Å². The number of anilines is 2. The van der Waals surface area contributed by atoms with Crippen LogP contribution in [-0.4, -0.2) is 10.2 Å². The monoisotopic (exact) mass is 445 g/mol. The van der Waals surface area contributed by atoms with Crippen LogP contribution in [-0.2, 0) is 0 Å². The maximum atomic E-state index is 6.30. The number of benzene rings is 3. The molecule has 2 aliphatic carbocycles. The van der Waals surface area contributed by atoms with Gasteiger partial charge >= 0.3 is 0 Å². The Labute approximate surface area is 195 Å². The Morgan fingerprint density at radius 3 is 2.27 bits per heavy atom. The number of ether oxygens (including phenoxy) is 1. The first-order valence-electron chi connectivity index (χ1n) is 11.0. The van der Waals surface area contributed by atoms with Crippen LogP contribution >= 0.6 is 11.3 Å². The Morgan fingerprint density at radius 1 is 0.818 bits per heavy atom. The minimum Gasteiger partial charge on any atom is -0.456 e. The highest BCUT2D eigenvalue weighted by atomic mass is 32.1. The average molecular weight is 446 g/mol. The molecule has 0 fully saturated rings. The molecule has 0 unspecified atom stereocenters. The quantitative estimate of drug-likeness (QED) is 0.339. The molecule has 1 aromatic heterocycles. The summed E-state index contributed by atoms with van der Waals surface area (Å²) in [6.45, 7) is 2.09.